The minimum Gasteiger partial charge on any atom is -0.388 e. The molecule has 2 aromatic rings. The van der Waals surface area contributed by atoms with Crippen LogP contribution in [0.5, 0.6) is 0 Å². The monoisotopic (exact) mass is 374 g/mol. The molecule has 0 amide bonds. The van der Waals surface area contributed by atoms with E-state index in [1.807, 2.05) is 0 Å². The number of benzene rings is 1. The molecule has 2 atom stereocenters. The molecule has 0 fully saturated rings. The SMILES string of the molecule is Cc1noc(C)c1C(O)C[C@](C)(N)c1cc(Br)c(F)cc1F. The average molecular weight is 375 g/mol. The van der Waals surface area contributed by atoms with Gasteiger partial charge in [-0.25, -0.2) is 8.78 Å². The summed E-state index contributed by atoms with van der Waals surface area (Å²) >= 11 is 3.02. The largest absolute Gasteiger partial charge is 0.388 e. The number of rotatable bonds is 4. The van der Waals surface area contributed by atoms with Gasteiger partial charge in [0.1, 0.15) is 17.4 Å². The molecule has 7 heteroatoms. The Balaban J connectivity index is 2.33. The molecule has 0 bridgehead atoms. The molecule has 2 rings (SSSR count). The quantitative estimate of drug-likeness (QED) is 0.801. The van der Waals surface area contributed by atoms with E-state index in [4.69, 9.17) is 10.3 Å². The van der Waals surface area contributed by atoms with Crippen molar-refractivity contribution in [1.29, 1.82) is 0 Å². The molecular formula is C15H17BrF2N2O2. The molecule has 0 saturated carbocycles. The minimum absolute atomic E-state index is 0.0326. The lowest BCUT2D eigenvalue weighted by atomic mass is 9.85. The number of aromatic nitrogens is 1. The molecule has 120 valence electrons. The third-order valence-corrected chi connectivity index (χ3v) is 4.27. The summed E-state index contributed by atoms with van der Waals surface area (Å²) < 4.78 is 32.5. The molecule has 22 heavy (non-hydrogen) atoms. The Morgan fingerprint density at radius 3 is 2.55 bits per heavy atom. The predicted molar refractivity (Wildman–Crippen MR) is 81.2 cm³/mol. The van der Waals surface area contributed by atoms with Gasteiger partial charge in [-0.3, -0.25) is 0 Å². The zero-order chi connectivity index (χ0) is 16.7. The summed E-state index contributed by atoms with van der Waals surface area (Å²) in [5.41, 5.74) is 6.19. The lowest BCUT2D eigenvalue weighted by Crippen LogP contribution is -2.36. The fourth-order valence-corrected chi connectivity index (χ4v) is 2.88. The lowest BCUT2D eigenvalue weighted by Gasteiger charge is -2.28. The third-order valence-electron chi connectivity index (χ3n) is 3.66. The molecule has 0 saturated heterocycles. The van der Waals surface area contributed by atoms with E-state index in [1.54, 1.807) is 20.8 Å². The summed E-state index contributed by atoms with van der Waals surface area (Å²) in [5, 5.41) is 14.2. The number of nitrogens with two attached hydrogens (primary N) is 1. The summed E-state index contributed by atoms with van der Waals surface area (Å²) in [6.07, 6.45) is -0.935. The molecule has 4 nitrogen and oxygen atoms in total. The molecule has 0 aliphatic heterocycles. The Labute approximate surface area is 135 Å². The van der Waals surface area contributed by atoms with Gasteiger partial charge in [-0.1, -0.05) is 5.16 Å². The van der Waals surface area contributed by atoms with E-state index >= 15 is 0 Å². The van der Waals surface area contributed by atoms with E-state index in [0.717, 1.165) is 6.07 Å². The van der Waals surface area contributed by atoms with Crippen LogP contribution in [-0.2, 0) is 5.54 Å². The van der Waals surface area contributed by atoms with Gasteiger partial charge in [-0.05, 0) is 49.2 Å². The van der Waals surface area contributed by atoms with Crippen LogP contribution in [0.4, 0.5) is 8.78 Å². The van der Waals surface area contributed by atoms with Crippen molar-refractivity contribution in [2.24, 2.45) is 5.73 Å². The van der Waals surface area contributed by atoms with Crippen molar-refractivity contribution in [2.45, 2.75) is 38.8 Å². The fourth-order valence-electron chi connectivity index (χ4n) is 2.54. The van der Waals surface area contributed by atoms with Crippen molar-refractivity contribution >= 4 is 15.9 Å². The predicted octanol–water partition coefficient (Wildman–Crippen LogP) is 3.63. The van der Waals surface area contributed by atoms with Crippen LogP contribution in [0.25, 0.3) is 0 Å². The molecule has 3 N–H and O–H groups in total. The van der Waals surface area contributed by atoms with Crippen LogP contribution in [0.15, 0.2) is 21.1 Å². The van der Waals surface area contributed by atoms with Gasteiger partial charge in [0.05, 0.1) is 16.3 Å². The normalized spacial score (nSPS) is 15.6. The van der Waals surface area contributed by atoms with Crippen molar-refractivity contribution < 1.29 is 18.4 Å². The Morgan fingerprint density at radius 1 is 1.36 bits per heavy atom. The zero-order valence-electron chi connectivity index (χ0n) is 12.5. The molecule has 1 aromatic carbocycles. The second kappa shape index (κ2) is 6.06. The Hall–Kier alpha value is -1.31. The summed E-state index contributed by atoms with van der Waals surface area (Å²) in [6.45, 7) is 4.97. The van der Waals surface area contributed by atoms with Gasteiger partial charge >= 0.3 is 0 Å². The van der Waals surface area contributed by atoms with Gasteiger partial charge < -0.3 is 15.4 Å². The molecule has 0 aliphatic rings. The van der Waals surface area contributed by atoms with Gasteiger partial charge in [0.15, 0.2) is 0 Å². The smallest absolute Gasteiger partial charge is 0.140 e. The van der Waals surface area contributed by atoms with E-state index in [1.165, 1.54) is 6.07 Å². The zero-order valence-corrected chi connectivity index (χ0v) is 14.0. The van der Waals surface area contributed by atoms with Crippen LogP contribution >= 0.6 is 15.9 Å². The Kier molecular flexibility index (Phi) is 4.70. The summed E-state index contributed by atoms with van der Waals surface area (Å²) in [4.78, 5) is 0. The maximum Gasteiger partial charge on any atom is 0.140 e. The van der Waals surface area contributed by atoms with Crippen LogP contribution in [0.2, 0.25) is 0 Å². The van der Waals surface area contributed by atoms with Crippen LogP contribution in [0, 0.1) is 25.5 Å². The highest BCUT2D eigenvalue weighted by Gasteiger charge is 2.31. The minimum atomic E-state index is -1.20. The van der Waals surface area contributed by atoms with Crippen molar-refractivity contribution in [3.05, 3.63) is 50.8 Å². The molecule has 1 aromatic heterocycles. The number of halogens is 3. The molecule has 1 unspecified atom stereocenters. The maximum atomic E-state index is 14.0. The van der Waals surface area contributed by atoms with Crippen LogP contribution in [-0.4, -0.2) is 10.3 Å². The Morgan fingerprint density at radius 2 is 2.00 bits per heavy atom. The topological polar surface area (TPSA) is 72.3 Å². The highest BCUT2D eigenvalue weighted by Crippen LogP contribution is 2.35. The lowest BCUT2D eigenvalue weighted by molar-refractivity contribution is 0.134. The van der Waals surface area contributed by atoms with E-state index in [9.17, 15) is 13.9 Å². The van der Waals surface area contributed by atoms with E-state index in [2.05, 4.69) is 21.1 Å². The number of aliphatic hydroxyl groups is 1. The summed E-state index contributed by atoms with van der Waals surface area (Å²) in [5.74, 6) is -0.971. The second-order valence-corrected chi connectivity index (χ2v) is 6.48. The third kappa shape index (κ3) is 3.21. The number of hydrogen-bond donors (Lipinski definition) is 2. The maximum absolute atomic E-state index is 14.0. The van der Waals surface area contributed by atoms with Crippen molar-refractivity contribution in [3.63, 3.8) is 0 Å². The van der Waals surface area contributed by atoms with Crippen LogP contribution < -0.4 is 5.73 Å². The molecule has 0 aliphatic carbocycles. The molecule has 0 radical (unpaired) electrons. The average Bonchev–Trinajstić information content (AvgIpc) is 2.72. The van der Waals surface area contributed by atoms with Crippen molar-refractivity contribution in [3.8, 4) is 0 Å². The van der Waals surface area contributed by atoms with Crippen molar-refractivity contribution in [2.75, 3.05) is 0 Å². The van der Waals surface area contributed by atoms with Gasteiger partial charge in [0.25, 0.3) is 0 Å². The van der Waals surface area contributed by atoms with Gasteiger partial charge in [-0.2, -0.15) is 0 Å². The first-order valence-electron chi connectivity index (χ1n) is 6.68. The fraction of sp³-hybridized carbons (Fsp3) is 0.400. The molecule has 1 heterocycles. The number of nitrogens with zero attached hydrogens (tertiary/aromatic N) is 1. The Bertz CT molecular complexity index is 682. The first-order chi connectivity index (χ1) is 10.1. The first-order valence-corrected chi connectivity index (χ1v) is 7.47. The van der Waals surface area contributed by atoms with Crippen LogP contribution in [0.3, 0.4) is 0 Å². The highest BCUT2D eigenvalue weighted by atomic mass is 79.9. The van der Waals surface area contributed by atoms with E-state index < -0.39 is 23.3 Å². The molecule has 0 spiro atoms. The number of hydrogen-bond acceptors (Lipinski definition) is 4. The van der Waals surface area contributed by atoms with Crippen molar-refractivity contribution in [1.82, 2.24) is 5.16 Å². The first kappa shape index (κ1) is 17.1. The number of aliphatic hydroxyl groups excluding tert-OH is 1. The van der Waals surface area contributed by atoms with Crippen LogP contribution in [0.1, 0.15) is 42.0 Å². The summed E-state index contributed by atoms with van der Waals surface area (Å²) in [6, 6.07) is 2.07. The second-order valence-electron chi connectivity index (χ2n) is 5.62. The van der Waals surface area contributed by atoms with Gasteiger partial charge in [-0.15, -0.1) is 0 Å². The standard InChI is InChI=1S/C15H17BrF2N2O2/c1-7-14(8(2)22-20-7)13(21)6-15(3,19)9-4-10(16)12(18)5-11(9)17/h4-5,13,21H,6,19H2,1-3H3/t13?,15-/m0/s1. The van der Waals surface area contributed by atoms with Gasteiger partial charge in [0, 0.05) is 22.7 Å². The van der Waals surface area contributed by atoms with E-state index in [-0.39, 0.29) is 16.5 Å². The highest BCUT2D eigenvalue weighted by molar-refractivity contribution is 9.10. The molecular weight excluding hydrogens is 358 g/mol. The number of aryl methyl sites for hydroxylation is 2. The van der Waals surface area contributed by atoms with Gasteiger partial charge in [0.2, 0.25) is 0 Å². The van der Waals surface area contributed by atoms with E-state index in [0.29, 0.717) is 17.0 Å². The summed E-state index contributed by atoms with van der Waals surface area (Å²) in [7, 11) is 0.